The lowest BCUT2D eigenvalue weighted by Gasteiger charge is -2.35. The fourth-order valence-electron chi connectivity index (χ4n) is 2.99. The van der Waals surface area contributed by atoms with Crippen LogP contribution in [0.4, 0.5) is 5.82 Å². The molecule has 1 fully saturated rings. The van der Waals surface area contributed by atoms with Gasteiger partial charge in [-0.15, -0.1) is 0 Å². The van der Waals surface area contributed by atoms with Crippen LogP contribution in [-0.4, -0.2) is 18.1 Å². The molecule has 0 saturated heterocycles. The fourth-order valence-corrected chi connectivity index (χ4v) is 3.31. The predicted octanol–water partition coefficient (Wildman–Crippen LogP) is 3.60. The van der Waals surface area contributed by atoms with Gasteiger partial charge in [0.25, 0.3) is 0 Å². The Balaban J connectivity index is 2.10. The summed E-state index contributed by atoms with van der Waals surface area (Å²) in [4.78, 5) is 6.68. The molecular formula is C15H24ClN3. The zero-order valence-electron chi connectivity index (χ0n) is 11.9. The van der Waals surface area contributed by atoms with Crippen LogP contribution in [0.2, 0.25) is 5.02 Å². The Labute approximate surface area is 121 Å². The van der Waals surface area contributed by atoms with E-state index in [4.69, 9.17) is 17.3 Å². The molecule has 0 aromatic carbocycles. The molecule has 1 aromatic rings. The maximum Gasteiger partial charge on any atom is 0.147 e. The maximum atomic E-state index is 6.39. The monoisotopic (exact) mass is 281 g/mol. The molecule has 1 aromatic heterocycles. The van der Waals surface area contributed by atoms with Crippen LogP contribution in [-0.2, 0) is 6.54 Å². The molecule has 2 rings (SSSR count). The molecule has 0 aliphatic heterocycles. The Hall–Kier alpha value is -0.800. The van der Waals surface area contributed by atoms with Gasteiger partial charge in [0, 0.05) is 25.8 Å². The zero-order chi connectivity index (χ0) is 13.8. The van der Waals surface area contributed by atoms with Crippen LogP contribution in [0.25, 0.3) is 0 Å². The highest BCUT2D eigenvalue weighted by Gasteiger charge is 2.25. The highest BCUT2D eigenvalue weighted by atomic mass is 35.5. The summed E-state index contributed by atoms with van der Waals surface area (Å²) in [7, 11) is 2.10. The smallest absolute Gasteiger partial charge is 0.147 e. The van der Waals surface area contributed by atoms with E-state index in [1.807, 2.05) is 6.07 Å². The topological polar surface area (TPSA) is 42.2 Å². The van der Waals surface area contributed by atoms with Crippen LogP contribution in [0.5, 0.6) is 0 Å². The second-order valence-electron chi connectivity index (χ2n) is 5.51. The summed E-state index contributed by atoms with van der Waals surface area (Å²) >= 11 is 6.39. The lowest BCUT2D eigenvalue weighted by atomic mass is 9.84. The Bertz CT molecular complexity index is 414. The predicted molar refractivity (Wildman–Crippen MR) is 81.6 cm³/mol. The number of nitrogens with two attached hydrogens (primary N) is 1. The van der Waals surface area contributed by atoms with Crippen molar-refractivity contribution >= 4 is 17.4 Å². The van der Waals surface area contributed by atoms with E-state index in [2.05, 4.69) is 23.9 Å². The van der Waals surface area contributed by atoms with Crippen molar-refractivity contribution in [2.75, 3.05) is 11.9 Å². The van der Waals surface area contributed by atoms with Crippen molar-refractivity contribution in [2.45, 2.75) is 51.6 Å². The lowest BCUT2D eigenvalue weighted by Crippen LogP contribution is -2.36. The van der Waals surface area contributed by atoms with E-state index in [1.54, 1.807) is 6.20 Å². The highest BCUT2D eigenvalue weighted by Crippen LogP contribution is 2.33. The maximum absolute atomic E-state index is 6.39. The quantitative estimate of drug-likeness (QED) is 0.917. The van der Waals surface area contributed by atoms with Crippen molar-refractivity contribution in [1.29, 1.82) is 0 Å². The zero-order valence-corrected chi connectivity index (χ0v) is 12.7. The molecule has 1 aliphatic carbocycles. The first-order chi connectivity index (χ1) is 9.17. The van der Waals surface area contributed by atoms with E-state index in [9.17, 15) is 0 Å². The number of halogens is 1. The van der Waals surface area contributed by atoms with Crippen molar-refractivity contribution in [3.8, 4) is 0 Å². The molecule has 0 atom stereocenters. The number of aromatic nitrogens is 1. The van der Waals surface area contributed by atoms with Gasteiger partial charge in [-0.25, -0.2) is 4.98 Å². The van der Waals surface area contributed by atoms with Gasteiger partial charge < -0.3 is 10.6 Å². The minimum absolute atomic E-state index is 0.463. The molecule has 0 radical (unpaired) electrons. The molecule has 0 unspecified atom stereocenters. The van der Waals surface area contributed by atoms with Crippen molar-refractivity contribution in [2.24, 2.45) is 11.7 Å². The summed E-state index contributed by atoms with van der Waals surface area (Å²) in [6, 6.07) is 2.45. The third kappa shape index (κ3) is 3.21. The van der Waals surface area contributed by atoms with E-state index < -0.39 is 0 Å². The molecule has 2 N–H and O–H groups in total. The summed E-state index contributed by atoms with van der Waals surface area (Å²) in [5, 5.41) is 0.713. The van der Waals surface area contributed by atoms with Crippen molar-refractivity contribution in [3.05, 3.63) is 22.8 Å². The van der Waals surface area contributed by atoms with E-state index in [0.29, 0.717) is 17.6 Å². The van der Waals surface area contributed by atoms with Crippen LogP contribution in [0, 0.1) is 5.92 Å². The second-order valence-corrected chi connectivity index (χ2v) is 5.88. The molecule has 1 saturated carbocycles. The van der Waals surface area contributed by atoms with Gasteiger partial charge in [-0.3, -0.25) is 0 Å². The van der Waals surface area contributed by atoms with Crippen LogP contribution >= 0.6 is 11.6 Å². The highest BCUT2D eigenvalue weighted by molar-refractivity contribution is 6.33. The molecular weight excluding hydrogens is 258 g/mol. The van der Waals surface area contributed by atoms with Gasteiger partial charge in [-0.05, 0) is 43.2 Å². The minimum Gasteiger partial charge on any atom is -0.355 e. The Kier molecular flexibility index (Phi) is 5.06. The Morgan fingerprint density at radius 3 is 2.63 bits per heavy atom. The number of anilines is 1. The summed E-state index contributed by atoms with van der Waals surface area (Å²) in [5.74, 6) is 1.79. The van der Waals surface area contributed by atoms with Gasteiger partial charge in [0.1, 0.15) is 5.82 Å². The van der Waals surface area contributed by atoms with Gasteiger partial charge in [0.05, 0.1) is 5.02 Å². The third-order valence-electron chi connectivity index (χ3n) is 4.45. The Morgan fingerprint density at radius 1 is 1.37 bits per heavy atom. The first kappa shape index (κ1) is 14.6. The first-order valence-corrected chi connectivity index (χ1v) is 7.61. The van der Waals surface area contributed by atoms with Gasteiger partial charge >= 0.3 is 0 Å². The van der Waals surface area contributed by atoms with Gasteiger partial charge in [0.15, 0.2) is 0 Å². The fraction of sp³-hybridized carbons (Fsp3) is 0.667. The molecule has 0 spiro atoms. The van der Waals surface area contributed by atoms with Gasteiger partial charge in [0.2, 0.25) is 0 Å². The normalized spacial score (nSPS) is 23.4. The van der Waals surface area contributed by atoms with E-state index >= 15 is 0 Å². The number of hydrogen-bond acceptors (Lipinski definition) is 3. The van der Waals surface area contributed by atoms with Crippen LogP contribution in [0.1, 0.15) is 44.6 Å². The molecule has 0 amide bonds. The molecule has 19 heavy (non-hydrogen) atoms. The largest absolute Gasteiger partial charge is 0.355 e. The van der Waals surface area contributed by atoms with Crippen molar-refractivity contribution < 1.29 is 0 Å². The van der Waals surface area contributed by atoms with Crippen LogP contribution in [0.15, 0.2) is 12.3 Å². The van der Waals surface area contributed by atoms with Crippen LogP contribution in [0.3, 0.4) is 0 Å². The number of rotatable bonds is 4. The Morgan fingerprint density at radius 2 is 2.05 bits per heavy atom. The SMILES string of the molecule is CCC1CCC(N(C)c2nccc(CN)c2Cl)CC1. The van der Waals surface area contributed by atoms with E-state index in [-0.39, 0.29) is 0 Å². The standard InChI is InChI=1S/C15H24ClN3/c1-3-11-4-6-13(7-5-11)19(2)15-14(16)12(10-17)8-9-18-15/h8-9,11,13H,3-7,10,17H2,1-2H3. The summed E-state index contributed by atoms with van der Waals surface area (Å²) in [6.45, 7) is 2.75. The summed E-state index contributed by atoms with van der Waals surface area (Å²) in [6.07, 6.45) is 8.22. The summed E-state index contributed by atoms with van der Waals surface area (Å²) < 4.78 is 0. The molecule has 106 valence electrons. The minimum atomic E-state index is 0.463. The van der Waals surface area contributed by atoms with Crippen LogP contribution < -0.4 is 10.6 Å². The lowest BCUT2D eigenvalue weighted by molar-refractivity contribution is 0.313. The molecule has 3 nitrogen and oxygen atoms in total. The molecule has 1 aliphatic rings. The second kappa shape index (κ2) is 6.58. The third-order valence-corrected chi connectivity index (χ3v) is 4.86. The molecule has 0 bridgehead atoms. The average Bonchev–Trinajstić information content (AvgIpc) is 2.47. The van der Waals surface area contributed by atoms with Gasteiger partial charge in [-0.1, -0.05) is 24.9 Å². The molecule has 1 heterocycles. The number of pyridine rings is 1. The van der Waals surface area contributed by atoms with Crippen molar-refractivity contribution in [1.82, 2.24) is 4.98 Å². The average molecular weight is 282 g/mol. The van der Waals surface area contributed by atoms with E-state index in [1.165, 1.54) is 32.1 Å². The number of nitrogens with zero attached hydrogens (tertiary/aromatic N) is 2. The first-order valence-electron chi connectivity index (χ1n) is 7.23. The summed E-state index contributed by atoms with van der Waals surface area (Å²) in [5.41, 5.74) is 6.68. The van der Waals surface area contributed by atoms with Crippen molar-refractivity contribution in [3.63, 3.8) is 0 Å². The molecule has 4 heteroatoms. The van der Waals surface area contributed by atoms with Gasteiger partial charge in [-0.2, -0.15) is 0 Å². The number of hydrogen-bond donors (Lipinski definition) is 1. The van der Waals surface area contributed by atoms with E-state index in [0.717, 1.165) is 17.3 Å².